The molecular weight excluding hydrogens is 316 g/mol. The number of sulfonamides is 1. The Balaban J connectivity index is 1.65. The zero-order valence-electron chi connectivity index (χ0n) is 12.7. The fraction of sp³-hybridized carbons (Fsp3) is 0.333. The Bertz CT molecular complexity index is 825. The average molecular weight is 334 g/mol. The molecule has 1 aliphatic rings. The minimum Gasteiger partial charge on any atom is -0.347 e. The van der Waals surface area contributed by atoms with Crippen LogP contribution in [0.2, 0.25) is 0 Å². The van der Waals surface area contributed by atoms with Crippen molar-refractivity contribution in [3.8, 4) is 0 Å². The molecule has 0 saturated heterocycles. The number of carbonyl (C=O) groups is 1. The molecule has 122 valence electrons. The molecule has 23 heavy (non-hydrogen) atoms. The first kappa shape index (κ1) is 15.7. The fourth-order valence-corrected chi connectivity index (χ4v) is 3.07. The lowest BCUT2D eigenvalue weighted by Gasteiger charge is -2.06. The summed E-state index contributed by atoms with van der Waals surface area (Å²) in [6.07, 6.45) is 2.27. The average Bonchev–Trinajstić information content (AvgIpc) is 3.30. The summed E-state index contributed by atoms with van der Waals surface area (Å²) in [6, 6.07) is 8.22. The third kappa shape index (κ3) is 3.59. The molecule has 0 aliphatic heterocycles. The van der Waals surface area contributed by atoms with Gasteiger partial charge in [-0.15, -0.1) is 0 Å². The van der Waals surface area contributed by atoms with Gasteiger partial charge >= 0.3 is 0 Å². The van der Waals surface area contributed by atoms with Gasteiger partial charge in [-0.05, 0) is 43.7 Å². The summed E-state index contributed by atoms with van der Waals surface area (Å²) in [5, 5.41) is 9.65. The first-order valence-electron chi connectivity index (χ1n) is 7.35. The van der Waals surface area contributed by atoms with E-state index in [1.165, 1.54) is 19.2 Å². The van der Waals surface area contributed by atoms with E-state index in [-0.39, 0.29) is 17.3 Å². The third-order valence-corrected chi connectivity index (χ3v) is 5.19. The van der Waals surface area contributed by atoms with E-state index in [0.29, 0.717) is 17.2 Å². The molecule has 8 heteroatoms. The SMILES string of the molecule is CNS(=O)(=O)c1cccc(CNC(=O)c2cc(C3CC3)[nH]n2)c1. The van der Waals surface area contributed by atoms with E-state index in [1.807, 2.05) is 0 Å². The molecule has 1 aromatic heterocycles. The maximum atomic E-state index is 12.1. The highest BCUT2D eigenvalue weighted by atomic mass is 32.2. The number of aromatic nitrogens is 2. The largest absolute Gasteiger partial charge is 0.347 e. The highest BCUT2D eigenvalue weighted by Gasteiger charge is 2.26. The van der Waals surface area contributed by atoms with E-state index >= 15 is 0 Å². The van der Waals surface area contributed by atoms with Gasteiger partial charge in [0.2, 0.25) is 10.0 Å². The lowest BCUT2D eigenvalue weighted by Crippen LogP contribution is -2.23. The minimum absolute atomic E-state index is 0.169. The number of benzene rings is 1. The predicted molar refractivity (Wildman–Crippen MR) is 84.4 cm³/mol. The molecule has 3 rings (SSSR count). The number of rotatable bonds is 6. The van der Waals surface area contributed by atoms with Gasteiger partial charge < -0.3 is 5.32 Å². The molecule has 2 aromatic rings. The van der Waals surface area contributed by atoms with Crippen molar-refractivity contribution in [2.75, 3.05) is 7.05 Å². The van der Waals surface area contributed by atoms with E-state index in [4.69, 9.17) is 0 Å². The van der Waals surface area contributed by atoms with Crippen LogP contribution in [0.1, 0.15) is 40.5 Å². The Labute approximate surface area is 134 Å². The molecule has 1 aromatic carbocycles. The van der Waals surface area contributed by atoms with Crippen LogP contribution < -0.4 is 10.0 Å². The Morgan fingerprint density at radius 1 is 1.35 bits per heavy atom. The number of amides is 1. The highest BCUT2D eigenvalue weighted by Crippen LogP contribution is 2.38. The summed E-state index contributed by atoms with van der Waals surface area (Å²) >= 11 is 0. The molecule has 7 nitrogen and oxygen atoms in total. The Morgan fingerprint density at radius 2 is 2.13 bits per heavy atom. The standard InChI is InChI=1S/C15H18N4O3S/c1-16-23(21,22)12-4-2-3-10(7-12)9-17-15(20)14-8-13(18-19-14)11-5-6-11/h2-4,7-8,11,16H,5-6,9H2,1H3,(H,17,20)(H,18,19). The van der Waals surface area contributed by atoms with Crippen molar-refractivity contribution in [2.45, 2.75) is 30.2 Å². The van der Waals surface area contributed by atoms with E-state index < -0.39 is 10.0 Å². The first-order valence-corrected chi connectivity index (χ1v) is 8.84. The van der Waals surface area contributed by atoms with Crippen LogP contribution in [0, 0.1) is 0 Å². The van der Waals surface area contributed by atoms with Gasteiger partial charge in [-0.1, -0.05) is 12.1 Å². The second kappa shape index (κ2) is 6.13. The van der Waals surface area contributed by atoms with Crippen LogP contribution in [0.3, 0.4) is 0 Å². The molecule has 0 unspecified atom stereocenters. The van der Waals surface area contributed by atoms with Crippen LogP contribution in [0.15, 0.2) is 35.2 Å². The number of carbonyl (C=O) groups excluding carboxylic acids is 1. The minimum atomic E-state index is -3.49. The molecule has 1 aliphatic carbocycles. The van der Waals surface area contributed by atoms with Crippen molar-refractivity contribution in [2.24, 2.45) is 0 Å². The number of nitrogens with zero attached hydrogens (tertiary/aromatic N) is 1. The summed E-state index contributed by atoms with van der Waals surface area (Å²) in [7, 11) is -2.13. The van der Waals surface area contributed by atoms with Crippen LogP contribution in [-0.2, 0) is 16.6 Å². The van der Waals surface area contributed by atoms with Crippen LogP contribution in [0.5, 0.6) is 0 Å². The van der Waals surface area contributed by atoms with Gasteiger partial charge in [0.25, 0.3) is 5.91 Å². The molecule has 0 spiro atoms. The Hall–Kier alpha value is -2.19. The van der Waals surface area contributed by atoms with E-state index in [9.17, 15) is 13.2 Å². The third-order valence-electron chi connectivity index (χ3n) is 3.78. The van der Waals surface area contributed by atoms with Gasteiger partial charge in [-0.3, -0.25) is 9.89 Å². The molecule has 0 bridgehead atoms. The van der Waals surface area contributed by atoms with Gasteiger partial charge in [-0.2, -0.15) is 5.10 Å². The van der Waals surface area contributed by atoms with Crippen molar-refractivity contribution in [3.63, 3.8) is 0 Å². The van der Waals surface area contributed by atoms with Gasteiger partial charge in [0.05, 0.1) is 4.90 Å². The van der Waals surface area contributed by atoms with Crippen LogP contribution in [0.25, 0.3) is 0 Å². The maximum Gasteiger partial charge on any atom is 0.272 e. The summed E-state index contributed by atoms with van der Waals surface area (Å²) < 4.78 is 25.8. The summed E-state index contributed by atoms with van der Waals surface area (Å²) in [5.41, 5.74) is 2.05. The van der Waals surface area contributed by atoms with Gasteiger partial charge in [0.15, 0.2) is 0 Å². The predicted octanol–water partition coefficient (Wildman–Crippen LogP) is 1.13. The molecular formula is C15H18N4O3S. The molecule has 1 heterocycles. The molecule has 1 amide bonds. The second-order valence-corrected chi connectivity index (χ2v) is 7.41. The van der Waals surface area contributed by atoms with Crippen LogP contribution in [0.4, 0.5) is 0 Å². The van der Waals surface area contributed by atoms with Crippen molar-refractivity contribution in [1.82, 2.24) is 20.2 Å². The van der Waals surface area contributed by atoms with Crippen LogP contribution in [-0.4, -0.2) is 31.6 Å². The molecule has 1 saturated carbocycles. The number of aromatic amines is 1. The molecule has 3 N–H and O–H groups in total. The number of nitrogens with one attached hydrogen (secondary N) is 3. The monoisotopic (exact) mass is 334 g/mol. The quantitative estimate of drug-likeness (QED) is 0.736. The smallest absolute Gasteiger partial charge is 0.272 e. The summed E-state index contributed by atoms with van der Waals surface area (Å²) in [5.74, 6) is 0.225. The van der Waals surface area contributed by atoms with Gasteiger partial charge in [-0.25, -0.2) is 13.1 Å². The number of hydrogen-bond acceptors (Lipinski definition) is 4. The Kier molecular flexibility index (Phi) is 4.18. The Morgan fingerprint density at radius 3 is 2.83 bits per heavy atom. The van der Waals surface area contributed by atoms with Crippen LogP contribution >= 0.6 is 0 Å². The van der Waals surface area contributed by atoms with E-state index in [0.717, 1.165) is 18.5 Å². The van der Waals surface area contributed by atoms with Crippen molar-refractivity contribution < 1.29 is 13.2 Å². The molecule has 1 fully saturated rings. The highest BCUT2D eigenvalue weighted by molar-refractivity contribution is 7.89. The van der Waals surface area contributed by atoms with E-state index in [2.05, 4.69) is 20.2 Å². The first-order chi connectivity index (χ1) is 11.0. The zero-order chi connectivity index (χ0) is 16.4. The molecule has 0 atom stereocenters. The van der Waals surface area contributed by atoms with Crippen molar-refractivity contribution >= 4 is 15.9 Å². The molecule has 0 radical (unpaired) electrons. The summed E-state index contributed by atoms with van der Waals surface area (Å²) in [6.45, 7) is 0.234. The number of H-pyrrole nitrogens is 1. The fourth-order valence-electron chi connectivity index (χ4n) is 2.27. The lowest BCUT2D eigenvalue weighted by atomic mass is 10.2. The topological polar surface area (TPSA) is 104 Å². The van der Waals surface area contributed by atoms with Crippen molar-refractivity contribution in [3.05, 3.63) is 47.3 Å². The maximum absolute atomic E-state index is 12.1. The zero-order valence-corrected chi connectivity index (χ0v) is 13.5. The number of hydrogen-bond donors (Lipinski definition) is 3. The summed E-state index contributed by atoms with van der Waals surface area (Å²) in [4.78, 5) is 12.3. The van der Waals surface area contributed by atoms with Crippen molar-refractivity contribution in [1.29, 1.82) is 0 Å². The van der Waals surface area contributed by atoms with E-state index in [1.54, 1.807) is 18.2 Å². The lowest BCUT2D eigenvalue weighted by molar-refractivity contribution is 0.0946. The van der Waals surface area contributed by atoms with Gasteiger partial charge in [0, 0.05) is 18.2 Å². The van der Waals surface area contributed by atoms with Gasteiger partial charge in [0.1, 0.15) is 5.69 Å². The second-order valence-electron chi connectivity index (χ2n) is 5.52. The normalized spacial score (nSPS) is 14.7.